The zero-order valence-corrected chi connectivity index (χ0v) is 17.0. The smallest absolute Gasteiger partial charge is 0.180 e. The first-order valence-electron chi connectivity index (χ1n) is 9.39. The molecule has 0 spiro atoms. The van der Waals surface area contributed by atoms with Gasteiger partial charge in [-0.05, 0) is 31.5 Å². The van der Waals surface area contributed by atoms with Crippen molar-refractivity contribution < 1.29 is 13.3 Å². The van der Waals surface area contributed by atoms with E-state index in [9.17, 15) is 8.42 Å². The number of hydrogen-bond donors (Lipinski definition) is 0. The van der Waals surface area contributed by atoms with Crippen molar-refractivity contribution in [1.82, 2.24) is 9.97 Å². The maximum absolute atomic E-state index is 12.3. The average molecular weight is 407 g/mol. The van der Waals surface area contributed by atoms with Crippen LogP contribution in [0.25, 0.3) is 11.3 Å². The van der Waals surface area contributed by atoms with E-state index >= 15 is 0 Å². The molecule has 29 heavy (non-hydrogen) atoms. The van der Waals surface area contributed by atoms with Crippen LogP contribution in [-0.4, -0.2) is 29.3 Å². The predicted octanol–water partition coefficient (Wildman–Crippen LogP) is 4.19. The van der Waals surface area contributed by atoms with Gasteiger partial charge in [0.1, 0.15) is 5.69 Å². The Balaban J connectivity index is 1.54. The molecule has 0 N–H and O–H groups in total. The van der Waals surface area contributed by atoms with E-state index in [1.165, 1.54) is 0 Å². The van der Waals surface area contributed by atoms with Gasteiger partial charge in [0.2, 0.25) is 0 Å². The van der Waals surface area contributed by atoms with E-state index in [-0.39, 0.29) is 6.10 Å². The van der Waals surface area contributed by atoms with Gasteiger partial charge in [-0.15, -0.1) is 0 Å². The van der Waals surface area contributed by atoms with Gasteiger partial charge in [-0.1, -0.05) is 47.6 Å². The fraction of sp³-hybridized carbons (Fsp3) is 0.227. The first-order chi connectivity index (χ1) is 13.9. The van der Waals surface area contributed by atoms with Crippen LogP contribution in [0.5, 0.6) is 0 Å². The Kier molecular flexibility index (Phi) is 5.15. The summed E-state index contributed by atoms with van der Waals surface area (Å²) in [6.45, 7) is 3.34. The van der Waals surface area contributed by atoms with Crippen molar-refractivity contribution in [1.29, 1.82) is 0 Å². The molecule has 1 atom stereocenters. The van der Waals surface area contributed by atoms with E-state index in [1.807, 2.05) is 30.3 Å². The maximum Gasteiger partial charge on any atom is 0.180 e. The summed E-state index contributed by atoms with van der Waals surface area (Å²) in [5, 5.41) is 3.74. The molecule has 0 saturated carbocycles. The van der Waals surface area contributed by atoms with E-state index in [0.29, 0.717) is 22.7 Å². The summed E-state index contributed by atoms with van der Waals surface area (Å²) in [5.74, 6) is 0. The lowest BCUT2D eigenvalue weighted by molar-refractivity contribution is 0.0824. The molecule has 0 saturated heterocycles. The van der Waals surface area contributed by atoms with Crippen molar-refractivity contribution in [3.8, 4) is 11.3 Å². The Morgan fingerprint density at radius 1 is 0.966 bits per heavy atom. The Morgan fingerprint density at radius 3 is 2.38 bits per heavy atom. The standard InChI is InChI=1S/C22H21N3O3S/c1-15(2)29(26,27)18-10-8-17(9-11-18)20-13-23-14-21(24-20)22-12-19(25-28-22)16-6-4-3-5-7-16/h3-11,13-15,22H,12H2,1-2H3. The summed E-state index contributed by atoms with van der Waals surface area (Å²) in [6, 6.07) is 16.6. The highest BCUT2D eigenvalue weighted by molar-refractivity contribution is 7.92. The largest absolute Gasteiger partial charge is 0.385 e. The molecule has 1 aliphatic rings. The normalized spacial score (nSPS) is 16.5. The Morgan fingerprint density at radius 2 is 1.69 bits per heavy atom. The second-order valence-corrected chi connectivity index (χ2v) is 9.65. The van der Waals surface area contributed by atoms with Crippen molar-refractivity contribution in [2.75, 3.05) is 0 Å². The minimum atomic E-state index is -3.30. The van der Waals surface area contributed by atoms with Crippen LogP contribution in [0.2, 0.25) is 0 Å². The molecule has 4 rings (SSSR count). The number of sulfone groups is 1. The third-order valence-corrected chi connectivity index (χ3v) is 7.03. The van der Waals surface area contributed by atoms with Gasteiger partial charge in [0, 0.05) is 12.0 Å². The van der Waals surface area contributed by atoms with Crippen LogP contribution in [-0.2, 0) is 14.7 Å². The number of benzene rings is 2. The lowest BCUT2D eigenvalue weighted by atomic mass is 10.0. The SMILES string of the molecule is CC(C)S(=O)(=O)c1ccc(-c2cncc(C3CC(c4ccccc4)=NO3)n2)cc1. The van der Waals surface area contributed by atoms with Crippen molar-refractivity contribution in [2.24, 2.45) is 5.16 Å². The second kappa shape index (κ2) is 7.75. The molecule has 7 heteroatoms. The molecular weight excluding hydrogens is 386 g/mol. The molecule has 0 aliphatic carbocycles. The van der Waals surface area contributed by atoms with Crippen molar-refractivity contribution in [3.63, 3.8) is 0 Å². The quantitative estimate of drug-likeness (QED) is 0.633. The number of oxime groups is 1. The molecule has 6 nitrogen and oxygen atoms in total. The molecule has 1 aliphatic heterocycles. The Labute approximate surface area is 170 Å². The van der Waals surface area contributed by atoms with Gasteiger partial charge in [0.15, 0.2) is 15.9 Å². The van der Waals surface area contributed by atoms with Crippen LogP contribution >= 0.6 is 0 Å². The minimum absolute atomic E-state index is 0.293. The third-order valence-electron chi connectivity index (χ3n) is 4.86. The number of rotatable bonds is 5. The fourth-order valence-corrected chi connectivity index (χ4v) is 4.16. The van der Waals surface area contributed by atoms with Gasteiger partial charge in [0.05, 0.1) is 33.9 Å². The van der Waals surface area contributed by atoms with E-state index in [0.717, 1.165) is 16.8 Å². The molecule has 3 aromatic rings. The monoisotopic (exact) mass is 407 g/mol. The van der Waals surface area contributed by atoms with Gasteiger partial charge < -0.3 is 4.84 Å². The summed E-state index contributed by atoms with van der Waals surface area (Å²) in [7, 11) is -3.30. The number of hydrogen-bond acceptors (Lipinski definition) is 6. The molecule has 1 unspecified atom stereocenters. The van der Waals surface area contributed by atoms with Gasteiger partial charge in [0.25, 0.3) is 0 Å². The van der Waals surface area contributed by atoms with Crippen LogP contribution < -0.4 is 0 Å². The Bertz CT molecular complexity index is 1140. The topological polar surface area (TPSA) is 81.5 Å². The minimum Gasteiger partial charge on any atom is -0.385 e. The average Bonchev–Trinajstić information content (AvgIpc) is 3.25. The summed E-state index contributed by atoms with van der Waals surface area (Å²) in [6.07, 6.45) is 3.66. The fourth-order valence-electron chi connectivity index (χ4n) is 3.10. The van der Waals surface area contributed by atoms with Crippen LogP contribution in [0.15, 0.2) is 77.0 Å². The zero-order chi connectivity index (χ0) is 20.4. The molecule has 0 radical (unpaired) electrons. The van der Waals surface area contributed by atoms with Crippen LogP contribution in [0, 0.1) is 0 Å². The summed E-state index contributed by atoms with van der Waals surface area (Å²) in [4.78, 5) is 14.9. The number of nitrogens with zero attached hydrogens (tertiary/aromatic N) is 3. The highest BCUT2D eigenvalue weighted by atomic mass is 32.2. The molecule has 2 heterocycles. The molecule has 2 aromatic carbocycles. The van der Waals surface area contributed by atoms with Crippen molar-refractivity contribution >= 4 is 15.5 Å². The van der Waals surface area contributed by atoms with E-state index in [2.05, 4.69) is 15.1 Å². The third kappa shape index (κ3) is 3.91. The van der Waals surface area contributed by atoms with E-state index in [1.54, 1.807) is 50.5 Å². The molecule has 0 bridgehead atoms. The summed E-state index contributed by atoms with van der Waals surface area (Å²) >= 11 is 0. The molecule has 0 amide bonds. The van der Waals surface area contributed by atoms with Crippen molar-refractivity contribution in [3.05, 3.63) is 78.2 Å². The van der Waals surface area contributed by atoms with Gasteiger partial charge >= 0.3 is 0 Å². The van der Waals surface area contributed by atoms with E-state index < -0.39 is 15.1 Å². The first-order valence-corrected chi connectivity index (χ1v) is 10.9. The lowest BCUT2D eigenvalue weighted by Gasteiger charge is -2.10. The molecular formula is C22H21N3O3S. The van der Waals surface area contributed by atoms with Crippen LogP contribution in [0.3, 0.4) is 0 Å². The summed E-state index contributed by atoms with van der Waals surface area (Å²) < 4.78 is 24.6. The lowest BCUT2D eigenvalue weighted by Crippen LogP contribution is -2.13. The van der Waals surface area contributed by atoms with Crippen LogP contribution in [0.4, 0.5) is 0 Å². The van der Waals surface area contributed by atoms with Gasteiger partial charge in [-0.3, -0.25) is 4.98 Å². The first kappa shape index (κ1) is 19.3. The highest BCUT2D eigenvalue weighted by Crippen LogP contribution is 2.29. The highest BCUT2D eigenvalue weighted by Gasteiger charge is 2.26. The molecule has 1 aromatic heterocycles. The molecule has 148 valence electrons. The van der Waals surface area contributed by atoms with Crippen molar-refractivity contribution in [2.45, 2.75) is 36.5 Å². The van der Waals surface area contributed by atoms with Crippen LogP contribution in [0.1, 0.15) is 37.6 Å². The molecule has 0 fully saturated rings. The zero-order valence-electron chi connectivity index (χ0n) is 16.2. The maximum atomic E-state index is 12.3. The summed E-state index contributed by atoms with van der Waals surface area (Å²) in [5.41, 5.74) is 4.06. The van der Waals surface area contributed by atoms with Gasteiger partial charge in [-0.2, -0.15) is 0 Å². The predicted molar refractivity (Wildman–Crippen MR) is 111 cm³/mol. The van der Waals surface area contributed by atoms with E-state index in [4.69, 9.17) is 4.84 Å². The Hall–Kier alpha value is -3.06. The number of aromatic nitrogens is 2. The van der Waals surface area contributed by atoms with Gasteiger partial charge in [-0.25, -0.2) is 13.4 Å². The second-order valence-electron chi connectivity index (χ2n) is 7.15.